The van der Waals surface area contributed by atoms with Gasteiger partial charge in [-0.2, -0.15) is 0 Å². The molecule has 1 aliphatic rings. The Labute approximate surface area is 195 Å². The molecule has 0 atom stereocenters. The number of rotatable bonds is 7. The maximum absolute atomic E-state index is 12.2. The molecule has 0 amide bonds. The minimum absolute atomic E-state index is 0. The summed E-state index contributed by atoms with van der Waals surface area (Å²) in [4.78, 5) is 17.2. The third-order valence-electron chi connectivity index (χ3n) is 4.53. The molecule has 3 rings (SSSR count). The van der Waals surface area contributed by atoms with E-state index >= 15 is 0 Å². The van der Waals surface area contributed by atoms with E-state index in [0.717, 1.165) is 44.2 Å². The number of nitrogens with two attached hydrogens (primary N) is 1. The minimum atomic E-state index is -4.70. The highest BCUT2D eigenvalue weighted by atomic mass is 127. The van der Waals surface area contributed by atoms with Crippen LogP contribution in [0.5, 0.6) is 5.75 Å². The summed E-state index contributed by atoms with van der Waals surface area (Å²) >= 11 is 0. The Morgan fingerprint density at radius 3 is 2.35 bits per heavy atom. The van der Waals surface area contributed by atoms with Crippen LogP contribution in [-0.4, -0.2) is 66.5 Å². The molecule has 0 bridgehead atoms. The topological polar surface area (TPSA) is 91.9 Å². The second-order valence-electron chi connectivity index (χ2n) is 6.70. The lowest BCUT2D eigenvalue weighted by atomic mass is 10.2. The molecular formula is C19H25F3IN7O. The molecule has 1 saturated heterocycles. The summed E-state index contributed by atoms with van der Waals surface area (Å²) in [6.45, 7) is 5.27. The van der Waals surface area contributed by atoms with Crippen molar-refractivity contribution in [3.63, 3.8) is 0 Å². The number of piperazine rings is 1. The highest BCUT2D eigenvalue weighted by molar-refractivity contribution is 14.0. The van der Waals surface area contributed by atoms with Gasteiger partial charge in [-0.1, -0.05) is 12.1 Å². The van der Waals surface area contributed by atoms with Gasteiger partial charge in [0.1, 0.15) is 5.75 Å². The van der Waals surface area contributed by atoms with E-state index in [0.29, 0.717) is 12.5 Å². The molecule has 0 spiro atoms. The molecular weight excluding hydrogens is 526 g/mol. The van der Waals surface area contributed by atoms with E-state index in [1.165, 1.54) is 24.3 Å². The van der Waals surface area contributed by atoms with Crippen molar-refractivity contribution in [2.45, 2.75) is 12.9 Å². The van der Waals surface area contributed by atoms with Crippen LogP contribution in [0, 0.1) is 0 Å². The molecule has 8 nitrogen and oxygen atoms in total. The third kappa shape index (κ3) is 8.73. The number of aliphatic imine (C=N–C) groups is 1. The molecule has 170 valence electrons. The van der Waals surface area contributed by atoms with E-state index in [1.807, 2.05) is 0 Å². The van der Waals surface area contributed by atoms with Crippen LogP contribution in [0.3, 0.4) is 0 Å². The quantitative estimate of drug-likeness (QED) is 0.310. The predicted molar refractivity (Wildman–Crippen MR) is 123 cm³/mol. The molecule has 1 aliphatic heterocycles. The zero-order valence-electron chi connectivity index (χ0n) is 16.8. The number of ether oxygens (including phenoxy) is 1. The van der Waals surface area contributed by atoms with Gasteiger partial charge >= 0.3 is 6.36 Å². The zero-order valence-corrected chi connectivity index (χ0v) is 19.1. The van der Waals surface area contributed by atoms with E-state index in [1.54, 1.807) is 18.5 Å². The summed E-state index contributed by atoms with van der Waals surface area (Å²) in [5.74, 6) is 0.784. The van der Waals surface area contributed by atoms with Crippen LogP contribution in [-0.2, 0) is 6.54 Å². The molecule has 1 aromatic heterocycles. The maximum Gasteiger partial charge on any atom is 0.573 e. The lowest BCUT2D eigenvalue weighted by Gasteiger charge is -2.34. The van der Waals surface area contributed by atoms with Crippen molar-refractivity contribution in [1.29, 1.82) is 0 Å². The Bertz CT molecular complexity index is 814. The first kappa shape index (κ1) is 24.9. The maximum atomic E-state index is 12.2. The lowest BCUT2D eigenvalue weighted by molar-refractivity contribution is -0.274. The van der Waals surface area contributed by atoms with E-state index in [4.69, 9.17) is 5.73 Å². The number of benzene rings is 1. The number of aromatic nitrogens is 2. The normalized spacial score (nSPS) is 15.3. The number of alkyl halides is 3. The van der Waals surface area contributed by atoms with Gasteiger partial charge in [0.2, 0.25) is 5.95 Å². The summed E-state index contributed by atoms with van der Waals surface area (Å²) < 4.78 is 40.3. The Hall–Kier alpha value is -2.35. The van der Waals surface area contributed by atoms with Crippen LogP contribution in [0.4, 0.5) is 19.1 Å². The number of nitrogens with one attached hydrogen (secondary N) is 1. The molecule has 0 aliphatic carbocycles. The number of anilines is 1. The monoisotopic (exact) mass is 551 g/mol. The predicted octanol–water partition coefficient (Wildman–Crippen LogP) is 2.22. The number of hydrogen-bond acceptors (Lipinski definition) is 6. The first-order valence-corrected chi connectivity index (χ1v) is 9.52. The highest BCUT2D eigenvalue weighted by Gasteiger charge is 2.30. The lowest BCUT2D eigenvalue weighted by Crippen LogP contribution is -2.49. The largest absolute Gasteiger partial charge is 0.573 e. The van der Waals surface area contributed by atoms with E-state index in [9.17, 15) is 13.2 Å². The van der Waals surface area contributed by atoms with Crippen molar-refractivity contribution in [1.82, 2.24) is 20.2 Å². The number of nitrogens with zero attached hydrogens (tertiary/aromatic N) is 5. The van der Waals surface area contributed by atoms with Gasteiger partial charge in [-0.25, -0.2) is 15.0 Å². The summed E-state index contributed by atoms with van der Waals surface area (Å²) in [6, 6.07) is 7.35. The summed E-state index contributed by atoms with van der Waals surface area (Å²) in [7, 11) is 0. The van der Waals surface area contributed by atoms with Crippen molar-refractivity contribution < 1.29 is 17.9 Å². The summed E-state index contributed by atoms with van der Waals surface area (Å²) in [6.07, 6.45) is -1.22. The molecule has 31 heavy (non-hydrogen) atoms. The highest BCUT2D eigenvalue weighted by Crippen LogP contribution is 2.22. The van der Waals surface area contributed by atoms with Crippen molar-refractivity contribution in [3.05, 3.63) is 48.3 Å². The fourth-order valence-electron chi connectivity index (χ4n) is 3.00. The zero-order chi connectivity index (χ0) is 21.4. The number of halogens is 4. The number of guanidine groups is 1. The van der Waals surface area contributed by atoms with Crippen molar-refractivity contribution in [2.75, 3.05) is 44.2 Å². The molecule has 1 aromatic carbocycles. The molecule has 1 fully saturated rings. The van der Waals surface area contributed by atoms with Crippen LogP contribution in [0.1, 0.15) is 5.56 Å². The Morgan fingerprint density at radius 2 is 1.74 bits per heavy atom. The summed E-state index contributed by atoms with van der Waals surface area (Å²) in [5.41, 5.74) is 6.60. The molecule has 2 aromatic rings. The Balaban J connectivity index is 0.00000341. The first-order chi connectivity index (χ1) is 14.4. The van der Waals surface area contributed by atoms with Gasteiger partial charge in [0.25, 0.3) is 0 Å². The fraction of sp³-hybridized carbons (Fsp3) is 0.421. The summed E-state index contributed by atoms with van der Waals surface area (Å²) in [5, 5.41) is 3.06. The Morgan fingerprint density at radius 1 is 1.10 bits per heavy atom. The van der Waals surface area contributed by atoms with Gasteiger partial charge < -0.3 is 20.7 Å². The second-order valence-corrected chi connectivity index (χ2v) is 6.70. The average molecular weight is 551 g/mol. The average Bonchev–Trinajstić information content (AvgIpc) is 2.73. The van der Waals surface area contributed by atoms with Crippen LogP contribution in [0.25, 0.3) is 0 Å². The standard InChI is InChI=1S/C19H24F3N7O.HI/c20-19(21,22)30-16-4-2-15(3-5-16)14-27-17(23)24-8-9-28-10-12-29(13-11-28)18-25-6-1-7-26-18;/h1-7H,8-14H2,(H3,23,24,27);1H. The van der Waals surface area contributed by atoms with Crippen LogP contribution < -0.4 is 20.7 Å². The molecule has 3 N–H and O–H groups in total. The number of hydrogen-bond donors (Lipinski definition) is 2. The van der Waals surface area contributed by atoms with Gasteiger partial charge in [-0.05, 0) is 23.8 Å². The van der Waals surface area contributed by atoms with Crippen LogP contribution in [0.2, 0.25) is 0 Å². The van der Waals surface area contributed by atoms with Gasteiger partial charge in [0, 0.05) is 51.7 Å². The SMILES string of the molecule is I.NC(=NCc1ccc(OC(F)(F)F)cc1)NCCN1CCN(c2ncccn2)CC1. The molecule has 12 heteroatoms. The van der Waals surface area contributed by atoms with Gasteiger partial charge in [0.15, 0.2) is 5.96 Å². The van der Waals surface area contributed by atoms with Crippen molar-refractivity contribution >= 4 is 35.9 Å². The van der Waals surface area contributed by atoms with Gasteiger partial charge in [0.05, 0.1) is 6.54 Å². The molecule has 0 unspecified atom stereocenters. The van der Waals surface area contributed by atoms with E-state index < -0.39 is 6.36 Å². The second kappa shape index (κ2) is 11.9. The van der Waals surface area contributed by atoms with E-state index in [2.05, 4.69) is 34.8 Å². The molecule has 0 radical (unpaired) electrons. The van der Waals surface area contributed by atoms with Crippen molar-refractivity contribution in [2.24, 2.45) is 10.7 Å². The molecule has 0 saturated carbocycles. The smallest absolute Gasteiger partial charge is 0.406 e. The van der Waals surface area contributed by atoms with Crippen molar-refractivity contribution in [3.8, 4) is 5.75 Å². The van der Waals surface area contributed by atoms with Gasteiger partial charge in [-0.15, -0.1) is 37.1 Å². The van der Waals surface area contributed by atoms with E-state index in [-0.39, 0.29) is 36.3 Å². The molecule has 2 heterocycles. The van der Waals surface area contributed by atoms with Gasteiger partial charge in [-0.3, -0.25) is 4.90 Å². The minimum Gasteiger partial charge on any atom is -0.406 e. The third-order valence-corrected chi connectivity index (χ3v) is 4.53. The van der Waals surface area contributed by atoms with Crippen LogP contribution in [0.15, 0.2) is 47.7 Å². The van der Waals surface area contributed by atoms with Crippen LogP contribution >= 0.6 is 24.0 Å². The first-order valence-electron chi connectivity index (χ1n) is 9.52. The fourth-order valence-corrected chi connectivity index (χ4v) is 3.00. The Kier molecular flexibility index (Phi) is 9.55.